The third-order valence-corrected chi connectivity index (χ3v) is 6.13. The van der Waals surface area contributed by atoms with E-state index in [1.807, 2.05) is 0 Å². The van der Waals surface area contributed by atoms with Crippen LogP contribution in [0.15, 0.2) is 17.6 Å². The molecule has 2 fully saturated rings. The molecule has 1 N–H and O–H groups in total. The molecule has 3 heterocycles. The minimum atomic E-state index is -3.47. The molecule has 0 bridgehead atoms. The highest BCUT2D eigenvalue weighted by atomic mass is 32.2. The molecule has 2 aliphatic rings. The third kappa shape index (κ3) is 2.49. The molecule has 0 aromatic carbocycles. The van der Waals surface area contributed by atoms with Crippen LogP contribution < -0.4 is 5.32 Å². The molecular formula is C13H22N4O2S. The maximum absolute atomic E-state index is 12.8. The van der Waals surface area contributed by atoms with Gasteiger partial charge < -0.3 is 9.88 Å². The van der Waals surface area contributed by atoms with Crippen molar-refractivity contribution < 1.29 is 8.42 Å². The average molecular weight is 298 g/mol. The van der Waals surface area contributed by atoms with Crippen LogP contribution in [0.4, 0.5) is 0 Å². The molecule has 0 amide bonds. The number of nitrogens with one attached hydrogen (secondary N) is 1. The molecule has 2 unspecified atom stereocenters. The summed E-state index contributed by atoms with van der Waals surface area (Å²) < 4.78 is 28.9. The number of aryl methyl sites for hydroxylation is 1. The van der Waals surface area contributed by atoms with Crippen molar-refractivity contribution in [1.29, 1.82) is 0 Å². The molecule has 7 heteroatoms. The molecule has 0 spiro atoms. The van der Waals surface area contributed by atoms with E-state index < -0.39 is 10.0 Å². The summed E-state index contributed by atoms with van der Waals surface area (Å²) in [5.41, 5.74) is 0. The van der Waals surface area contributed by atoms with Crippen LogP contribution in [0, 0.1) is 0 Å². The molecule has 0 aliphatic carbocycles. The van der Waals surface area contributed by atoms with E-state index in [-0.39, 0.29) is 11.1 Å². The first-order chi connectivity index (χ1) is 9.59. The Morgan fingerprint density at radius 3 is 2.80 bits per heavy atom. The molecule has 2 aliphatic heterocycles. The lowest BCUT2D eigenvalue weighted by atomic mass is 9.97. The predicted molar refractivity (Wildman–Crippen MR) is 75.8 cm³/mol. The SMILES string of the molecule is Cn1cnc(S(=O)(=O)N2CCCCC2C2CCCN2)c1. The molecule has 2 atom stereocenters. The first-order valence-electron chi connectivity index (χ1n) is 7.32. The first kappa shape index (κ1) is 14.0. The fourth-order valence-electron chi connectivity index (χ4n) is 3.31. The zero-order valence-corrected chi connectivity index (χ0v) is 12.6. The van der Waals surface area contributed by atoms with Crippen molar-refractivity contribution in [3.8, 4) is 0 Å². The molecule has 3 rings (SSSR count). The molecule has 6 nitrogen and oxygen atoms in total. The molecule has 20 heavy (non-hydrogen) atoms. The van der Waals surface area contributed by atoms with Gasteiger partial charge in [0.05, 0.1) is 6.33 Å². The van der Waals surface area contributed by atoms with Crippen LogP contribution in [-0.4, -0.2) is 47.4 Å². The van der Waals surface area contributed by atoms with Gasteiger partial charge in [0.2, 0.25) is 0 Å². The van der Waals surface area contributed by atoms with E-state index >= 15 is 0 Å². The Morgan fingerprint density at radius 1 is 1.30 bits per heavy atom. The van der Waals surface area contributed by atoms with Gasteiger partial charge in [0.1, 0.15) is 0 Å². The summed E-state index contributed by atoms with van der Waals surface area (Å²) in [6.07, 6.45) is 8.33. The van der Waals surface area contributed by atoms with Gasteiger partial charge in [-0.25, -0.2) is 13.4 Å². The topological polar surface area (TPSA) is 67.2 Å². The van der Waals surface area contributed by atoms with Gasteiger partial charge in [0.15, 0.2) is 5.03 Å². The van der Waals surface area contributed by atoms with Gasteiger partial charge in [-0.1, -0.05) is 6.42 Å². The van der Waals surface area contributed by atoms with Crippen molar-refractivity contribution in [2.75, 3.05) is 13.1 Å². The van der Waals surface area contributed by atoms with Crippen molar-refractivity contribution in [3.63, 3.8) is 0 Å². The highest BCUT2D eigenvalue weighted by Crippen LogP contribution is 2.29. The van der Waals surface area contributed by atoms with Crippen molar-refractivity contribution in [3.05, 3.63) is 12.5 Å². The molecule has 1 aromatic heterocycles. The number of hydrogen-bond donors (Lipinski definition) is 1. The molecule has 112 valence electrons. The van der Waals surface area contributed by atoms with E-state index in [2.05, 4.69) is 10.3 Å². The zero-order chi connectivity index (χ0) is 14.2. The van der Waals surface area contributed by atoms with E-state index in [0.29, 0.717) is 12.6 Å². The Balaban J connectivity index is 1.88. The standard InChI is InChI=1S/C13H22N4O2S/c1-16-9-13(15-10-16)20(18,19)17-8-3-2-6-12(17)11-5-4-7-14-11/h9-12,14H,2-8H2,1H3. The van der Waals surface area contributed by atoms with Gasteiger partial charge in [-0.2, -0.15) is 4.31 Å². The highest BCUT2D eigenvalue weighted by Gasteiger charge is 2.39. The Kier molecular flexibility index (Phi) is 3.83. The van der Waals surface area contributed by atoms with Crippen LogP contribution in [-0.2, 0) is 17.1 Å². The number of rotatable bonds is 3. The lowest BCUT2D eigenvalue weighted by Crippen LogP contribution is -2.52. The quantitative estimate of drug-likeness (QED) is 0.893. The number of nitrogens with zero attached hydrogens (tertiary/aromatic N) is 3. The second kappa shape index (κ2) is 5.46. The monoisotopic (exact) mass is 298 g/mol. The number of aromatic nitrogens is 2. The van der Waals surface area contributed by atoms with Crippen molar-refractivity contribution in [2.24, 2.45) is 7.05 Å². The number of piperidine rings is 1. The predicted octanol–water partition coefficient (Wildman–Crippen LogP) is 0.715. The van der Waals surface area contributed by atoms with E-state index in [0.717, 1.165) is 38.6 Å². The van der Waals surface area contributed by atoms with Gasteiger partial charge in [-0.15, -0.1) is 0 Å². The lowest BCUT2D eigenvalue weighted by molar-refractivity contribution is 0.210. The Bertz CT molecular complexity index is 563. The van der Waals surface area contributed by atoms with Crippen molar-refractivity contribution >= 4 is 10.0 Å². The number of imidazole rings is 1. The summed E-state index contributed by atoms with van der Waals surface area (Å²) in [6.45, 7) is 1.61. The Hall–Kier alpha value is -0.920. The summed E-state index contributed by atoms with van der Waals surface area (Å²) in [6, 6.07) is 0.382. The minimum Gasteiger partial charge on any atom is -0.339 e. The molecule has 0 radical (unpaired) electrons. The summed E-state index contributed by atoms with van der Waals surface area (Å²) in [4.78, 5) is 4.04. The smallest absolute Gasteiger partial charge is 0.262 e. The van der Waals surface area contributed by atoms with Crippen LogP contribution >= 0.6 is 0 Å². The lowest BCUT2D eigenvalue weighted by Gasteiger charge is -2.37. The van der Waals surface area contributed by atoms with Crippen LogP contribution in [0.3, 0.4) is 0 Å². The van der Waals surface area contributed by atoms with Crippen LogP contribution in [0.5, 0.6) is 0 Å². The Morgan fingerprint density at radius 2 is 2.15 bits per heavy atom. The molecule has 1 aromatic rings. The maximum Gasteiger partial charge on any atom is 0.262 e. The van der Waals surface area contributed by atoms with Crippen LogP contribution in [0.25, 0.3) is 0 Å². The number of sulfonamides is 1. The minimum absolute atomic E-state index is 0.0817. The van der Waals surface area contributed by atoms with E-state index in [4.69, 9.17) is 0 Å². The van der Waals surface area contributed by atoms with Gasteiger partial charge in [-0.05, 0) is 32.2 Å². The summed E-state index contributed by atoms with van der Waals surface area (Å²) in [7, 11) is -1.68. The second-order valence-corrected chi connectivity index (χ2v) is 7.60. The normalized spacial score (nSPS) is 28.9. The highest BCUT2D eigenvalue weighted by molar-refractivity contribution is 7.89. The summed E-state index contributed by atoms with van der Waals surface area (Å²) in [5, 5.41) is 3.62. The average Bonchev–Trinajstić information content (AvgIpc) is 3.10. The van der Waals surface area contributed by atoms with Crippen molar-refractivity contribution in [2.45, 2.75) is 49.2 Å². The third-order valence-electron chi connectivity index (χ3n) is 4.32. The molecule has 2 saturated heterocycles. The van der Waals surface area contributed by atoms with Crippen LogP contribution in [0.1, 0.15) is 32.1 Å². The van der Waals surface area contributed by atoms with E-state index in [1.165, 1.54) is 0 Å². The van der Waals surface area contributed by atoms with Crippen molar-refractivity contribution in [1.82, 2.24) is 19.2 Å². The second-order valence-electron chi connectivity index (χ2n) is 5.76. The maximum atomic E-state index is 12.8. The first-order valence-corrected chi connectivity index (χ1v) is 8.76. The number of hydrogen-bond acceptors (Lipinski definition) is 4. The van der Waals surface area contributed by atoms with Gasteiger partial charge >= 0.3 is 0 Å². The summed E-state index contributed by atoms with van der Waals surface area (Å²) >= 11 is 0. The molecule has 0 saturated carbocycles. The zero-order valence-electron chi connectivity index (χ0n) is 11.8. The van der Waals surface area contributed by atoms with E-state index in [9.17, 15) is 8.42 Å². The van der Waals surface area contributed by atoms with E-state index in [1.54, 1.807) is 28.4 Å². The van der Waals surface area contributed by atoms with Gasteiger partial charge in [0, 0.05) is 31.9 Å². The molecular weight excluding hydrogens is 276 g/mol. The largest absolute Gasteiger partial charge is 0.339 e. The van der Waals surface area contributed by atoms with Crippen LogP contribution in [0.2, 0.25) is 0 Å². The fourth-order valence-corrected chi connectivity index (χ4v) is 5.01. The fraction of sp³-hybridized carbons (Fsp3) is 0.769. The Labute approximate surface area is 120 Å². The van der Waals surface area contributed by atoms with Gasteiger partial charge in [0.25, 0.3) is 10.0 Å². The summed E-state index contributed by atoms with van der Waals surface area (Å²) in [5.74, 6) is 0. The van der Waals surface area contributed by atoms with Gasteiger partial charge in [-0.3, -0.25) is 0 Å².